The number of hydrogen-bond donors (Lipinski definition) is 1. The van der Waals surface area contributed by atoms with E-state index in [0.717, 1.165) is 12.1 Å². The molecule has 2 N–H and O–H groups in total. The number of benzene rings is 1. The summed E-state index contributed by atoms with van der Waals surface area (Å²) in [6.45, 7) is 4.01. The van der Waals surface area contributed by atoms with E-state index in [1.54, 1.807) is 18.2 Å². The number of ether oxygens (including phenoxy) is 1. The van der Waals surface area contributed by atoms with Crippen molar-refractivity contribution in [3.63, 3.8) is 0 Å². The van der Waals surface area contributed by atoms with Gasteiger partial charge in [-0.3, -0.25) is 0 Å². The van der Waals surface area contributed by atoms with Crippen LogP contribution in [0.15, 0.2) is 23.1 Å². The maximum atomic E-state index is 12.9. The Morgan fingerprint density at radius 1 is 1.38 bits per heavy atom. The van der Waals surface area contributed by atoms with Gasteiger partial charge in [0.2, 0.25) is 10.0 Å². The van der Waals surface area contributed by atoms with E-state index in [1.807, 2.05) is 14.0 Å². The molecule has 1 atom stereocenters. The van der Waals surface area contributed by atoms with Gasteiger partial charge in [-0.05, 0) is 31.7 Å². The molecule has 0 bridgehead atoms. The summed E-state index contributed by atoms with van der Waals surface area (Å²) in [6, 6.07) is 5.24. The van der Waals surface area contributed by atoms with Crippen LogP contribution in [-0.4, -0.2) is 57.5 Å². The molecule has 21 heavy (non-hydrogen) atoms. The van der Waals surface area contributed by atoms with E-state index in [0.29, 0.717) is 25.4 Å². The lowest BCUT2D eigenvalue weighted by Gasteiger charge is -2.37. The van der Waals surface area contributed by atoms with Gasteiger partial charge < -0.3 is 15.4 Å². The molecule has 0 spiro atoms. The fourth-order valence-corrected chi connectivity index (χ4v) is 4.14. The Hall–Kier alpha value is -1.15. The normalized spacial score (nSPS) is 21.4. The maximum Gasteiger partial charge on any atom is 0.246 e. The number of nitrogens with two attached hydrogens (primary N) is 1. The molecule has 7 heteroatoms. The Morgan fingerprint density at radius 2 is 2.10 bits per heavy atom. The quantitative estimate of drug-likeness (QED) is 0.875. The number of hydrogen-bond acceptors (Lipinski definition) is 5. The molecule has 1 aliphatic rings. The van der Waals surface area contributed by atoms with Crippen LogP contribution >= 0.6 is 0 Å². The van der Waals surface area contributed by atoms with Crippen molar-refractivity contribution in [3.8, 4) is 5.75 Å². The van der Waals surface area contributed by atoms with Crippen molar-refractivity contribution >= 4 is 10.0 Å². The fraction of sp³-hybridized carbons (Fsp3) is 0.571. The average molecular weight is 313 g/mol. The smallest absolute Gasteiger partial charge is 0.246 e. The molecule has 0 radical (unpaired) electrons. The zero-order chi connectivity index (χ0) is 15.6. The minimum absolute atomic E-state index is 0.192. The van der Waals surface area contributed by atoms with Crippen LogP contribution in [0.1, 0.15) is 12.5 Å². The summed E-state index contributed by atoms with van der Waals surface area (Å²) < 4.78 is 32.5. The standard InChI is InChI=1S/C14H23N3O3S/c1-11-10-17(7-6-16(11)2)21(18,19)14-8-12(9-15)4-5-13(14)20-3/h4-5,8,11H,6-7,9-10,15H2,1-3H3. The van der Waals surface area contributed by atoms with Crippen LogP contribution in [0.4, 0.5) is 0 Å². The first kappa shape index (κ1) is 16.2. The molecule has 1 saturated heterocycles. The van der Waals surface area contributed by atoms with Crippen molar-refractivity contribution in [3.05, 3.63) is 23.8 Å². The topological polar surface area (TPSA) is 75.9 Å². The van der Waals surface area contributed by atoms with Gasteiger partial charge in [0, 0.05) is 32.2 Å². The minimum Gasteiger partial charge on any atom is -0.495 e. The molecule has 1 fully saturated rings. The maximum absolute atomic E-state index is 12.9. The van der Waals surface area contributed by atoms with Crippen molar-refractivity contribution in [2.24, 2.45) is 5.73 Å². The van der Waals surface area contributed by atoms with Crippen LogP contribution in [0.3, 0.4) is 0 Å². The number of sulfonamides is 1. The lowest BCUT2D eigenvalue weighted by Crippen LogP contribution is -2.51. The summed E-state index contributed by atoms with van der Waals surface area (Å²) in [5, 5.41) is 0. The molecule has 0 amide bonds. The molecule has 1 unspecified atom stereocenters. The summed E-state index contributed by atoms with van der Waals surface area (Å²) in [4.78, 5) is 2.35. The van der Waals surface area contributed by atoms with E-state index < -0.39 is 10.0 Å². The molecular formula is C14H23N3O3S. The second-order valence-electron chi connectivity index (χ2n) is 5.38. The Labute approximate surface area is 126 Å². The number of methoxy groups -OCH3 is 1. The average Bonchev–Trinajstić information content (AvgIpc) is 2.49. The van der Waals surface area contributed by atoms with Crippen LogP contribution < -0.4 is 10.5 Å². The van der Waals surface area contributed by atoms with Crippen molar-refractivity contribution in [1.82, 2.24) is 9.21 Å². The highest BCUT2D eigenvalue weighted by molar-refractivity contribution is 7.89. The van der Waals surface area contributed by atoms with E-state index in [1.165, 1.54) is 11.4 Å². The van der Waals surface area contributed by atoms with Gasteiger partial charge in [-0.1, -0.05) is 6.07 Å². The van der Waals surface area contributed by atoms with Crippen molar-refractivity contribution in [1.29, 1.82) is 0 Å². The van der Waals surface area contributed by atoms with Crippen LogP contribution in [0.2, 0.25) is 0 Å². The number of rotatable bonds is 4. The first-order valence-corrected chi connectivity index (χ1v) is 8.41. The Kier molecular flexibility index (Phi) is 4.88. The lowest BCUT2D eigenvalue weighted by atomic mass is 10.2. The Morgan fingerprint density at radius 3 is 2.67 bits per heavy atom. The third kappa shape index (κ3) is 3.21. The molecule has 0 aliphatic carbocycles. The number of piperazine rings is 1. The molecule has 0 saturated carbocycles. The molecular weight excluding hydrogens is 290 g/mol. The van der Waals surface area contributed by atoms with Crippen molar-refractivity contribution < 1.29 is 13.2 Å². The summed E-state index contributed by atoms with van der Waals surface area (Å²) >= 11 is 0. The Bertz CT molecular complexity index is 603. The van der Waals surface area contributed by atoms with Gasteiger partial charge in [0.05, 0.1) is 7.11 Å². The molecule has 6 nitrogen and oxygen atoms in total. The number of nitrogens with zero attached hydrogens (tertiary/aromatic N) is 2. The van der Waals surface area contributed by atoms with Crippen LogP contribution in [0, 0.1) is 0 Å². The molecule has 2 rings (SSSR count). The largest absolute Gasteiger partial charge is 0.495 e. The highest BCUT2D eigenvalue weighted by Crippen LogP contribution is 2.29. The molecule has 118 valence electrons. The van der Waals surface area contributed by atoms with Gasteiger partial charge in [0.1, 0.15) is 10.6 Å². The second-order valence-corrected chi connectivity index (χ2v) is 7.29. The molecule has 1 aromatic rings. The SMILES string of the molecule is COc1ccc(CN)cc1S(=O)(=O)N1CCN(C)C(C)C1. The zero-order valence-corrected chi connectivity index (χ0v) is 13.6. The van der Waals surface area contributed by atoms with Crippen molar-refractivity contribution in [2.75, 3.05) is 33.8 Å². The van der Waals surface area contributed by atoms with E-state index >= 15 is 0 Å². The summed E-state index contributed by atoms with van der Waals surface area (Å²) in [5.41, 5.74) is 6.39. The first-order chi connectivity index (χ1) is 9.90. The fourth-order valence-electron chi connectivity index (χ4n) is 2.42. The lowest BCUT2D eigenvalue weighted by molar-refractivity contribution is 0.159. The van der Waals surface area contributed by atoms with Gasteiger partial charge in [-0.25, -0.2) is 8.42 Å². The Balaban J connectivity index is 2.39. The van der Waals surface area contributed by atoms with E-state index in [4.69, 9.17) is 10.5 Å². The highest BCUT2D eigenvalue weighted by Gasteiger charge is 2.32. The summed E-state index contributed by atoms with van der Waals surface area (Å²) in [5.74, 6) is 0.360. The van der Waals surface area contributed by atoms with Crippen LogP contribution in [0.25, 0.3) is 0 Å². The van der Waals surface area contributed by atoms with Gasteiger partial charge in [-0.2, -0.15) is 4.31 Å². The third-order valence-corrected chi connectivity index (χ3v) is 5.89. The summed E-state index contributed by atoms with van der Waals surface area (Å²) in [6.07, 6.45) is 0. The minimum atomic E-state index is -3.57. The summed E-state index contributed by atoms with van der Waals surface area (Å²) in [7, 11) is -0.0881. The van der Waals surface area contributed by atoms with Gasteiger partial charge >= 0.3 is 0 Å². The van der Waals surface area contributed by atoms with E-state index in [2.05, 4.69) is 4.90 Å². The van der Waals surface area contributed by atoms with Crippen molar-refractivity contribution in [2.45, 2.75) is 24.4 Å². The van der Waals surface area contributed by atoms with Gasteiger partial charge in [0.25, 0.3) is 0 Å². The first-order valence-electron chi connectivity index (χ1n) is 6.97. The van der Waals surface area contributed by atoms with Crippen LogP contribution in [-0.2, 0) is 16.6 Å². The molecule has 1 aliphatic heterocycles. The molecule has 1 heterocycles. The van der Waals surface area contributed by atoms with Crippen LogP contribution in [0.5, 0.6) is 5.75 Å². The number of likely N-dealkylation sites (N-methyl/N-ethyl adjacent to an activating group) is 1. The molecule has 0 aromatic heterocycles. The van der Waals surface area contributed by atoms with E-state index in [-0.39, 0.29) is 10.9 Å². The zero-order valence-electron chi connectivity index (χ0n) is 12.7. The predicted octanol–water partition coefficient (Wildman–Crippen LogP) is 0.479. The van der Waals surface area contributed by atoms with Gasteiger partial charge in [-0.15, -0.1) is 0 Å². The highest BCUT2D eigenvalue weighted by atomic mass is 32.2. The predicted molar refractivity (Wildman–Crippen MR) is 81.7 cm³/mol. The van der Waals surface area contributed by atoms with E-state index in [9.17, 15) is 8.42 Å². The van der Waals surface area contributed by atoms with Gasteiger partial charge in [0.15, 0.2) is 0 Å². The third-order valence-electron chi connectivity index (χ3n) is 4.00. The monoisotopic (exact) mass is 313 g/mol. The molecule has 1 aromatic carbocycles. The second kappa shape index (κ2) is 6.31.